The average molecular weight is 323 g/mol. The minimum atomic E-state index is 0.176. The van der Waals surface area contributed by atoms with Gasteiger partial charge in [0.1, 0.15) is 0 Å². The van der Waals surface area contributed by atoms with E-state index in [9.17, 15) is 4.79 Å². The smallest absolute Gasteiger partial charge is 0.253 e. The molecule has 3 nitrogen and oxygen atoms in total. The summed E-state index contributed by atoms with van der Waals surface area (Å²) in [7, 11) is 0. The fraction of sp³-hybridized carbons (Fsp3) is 0.533. The fourth-order valence-electron chi connectivity index (χ4n) is 3.26. The average Bonchev–Trinajstić information content (AvgIpc) is 2.83. The molecular formula is C15H19BrN2O. The summed E-state index contributed by atoms with van der Waals surface area (Å²) in [6.07, 6.45) is 1.14. The van der Waals surface area contributed by atoms with Gasteiger partial charge in [-0.1, -0.05) is 15.9 Å². The number of fused-ring (bicyclic) bond motifs is 1. The molecule has 2 saturated heterocycles. The number of likely N-dealkylation sites (tertiary alicyclic amines) is 1. The highest BCUT2D eigenvalue weighted by Crippen LogP contribution is 2.27. The number of hydrogen-bond donors (Lipinski definition) is 1. The third kappa shape index (κ3) is 2.70. The Labute approximate surface area is 122 Å². The summed E-state index contributed by atoms with van der Waals surface area (Å²) >= 11 is 3.47. The number of hydrogen-bond acceptors (Lipinski definition) is 2. The first kappa shape index (κ1) is 13.1. The molecule has 102 valence electrons. The number of piperidine rings is 1. The highest BCUT2D eigenvalue weighted by atomic mass is 79.9. The molecule has 1 N–H and O–H groups in total. The Morgan fingerprint density at radius 2 is 2.11 bits per heavy atom. The van der Waals surface area contributed by atoms with E-state index in [1.165, 1.54) is 0 Å². The predicted octanol–water partition coefficient (Wildman–Crippen LogP) is 2.44. The second-order valence-corrected chi connectivity index (χ2v) is 6.65. The molecule has 2 heterocycles. The van der Waals surface area contributed by atoms with Crippen molar-refractivity contribution in [3.63, 3.8) is 0 Å². The van der Waals surface area contributed by atoms with E-state index in [-0.39, 0.29) is 5.91 Å². The molecule has 0 bridgehead atoms. The minimum absolute atomic E-state index is 0.176. The molecule has 2 aliphatic heterocycles. The summed E-state index contributed by atoms with van der Waals surface area (Å²) in [6.45, 7) is 6.01. The standard InChI is InChI=1S/C15H19BrN2O/c1-10-4-12(6-14(16)5-10)15(19)18-3-2-11-7-17-8-13(11)9-18/h4-6,11,13,17H,2-3,7-9H2,1H3. The molecule has 2 fully saturated rings. The number of aryl methyl sites for hydroxylation is 1. The van der Waals surface area contributed by atoms with Gasteiger partial charge in [0.2, 0.25) is 0 Å². The van der Waals surface area contributed by atoms with E-state index in [0.29, 0.717) is 5.92 Å². The van der Waals surface area contributed by atoms with Gasteiger partial charge in [-0.3, -0.25) is 4.79 Å². The van der Waals surface area contributed by atoms with Gasteiger partial charge in [0, 0.05) is 23.1 Å². The summed E-state index contributed by atoms with van der Waals surface area (Å²) in [5.41, 5.74) is 1.92. The Bertz CT molecular complexity index is 483. The Balaban J connectivity index is 1.76. The minimum Gasteiger partial charge on any atom is -0.338 e. The summed E-state index contributed by atoms with van der Waals surface area (Å²) in [6, 6.07) is 5.93. The zero-order valence-electron chi connectivity index (χ0n) is 11.2. The van der Waals surface area contributed by atoms with Crippen LogP contribution in [0.15, 0.2) is 22.7 Å². The van der Waals surface area contributed by atoms with E-state index in [1.54, 1.807) is 0 Å². The Hall–Kier alpha value is -0.870. The van der Waals surface area contributed by atoms with Crippen LogP contribution in [0.2, 0.25) is 0 Å². The lowest BCUT2D eigenvalue weighted by Crippen LogP contribution is -2.43. The highest BCUT2D eigenvalue weighted by molar-refractivity contribution is 9.10. The number of halogens is 1. The lowest BCUT2D eigenvalue weighted by molar-refractivity contribution is 0.0642. The van der Waals surface area contributed by atoms with Gasteiger partial charge in [-0.25, -0.2) is 0 Å². The Morgan fingerprint density at radius 3 is 2.89 bits per heavy atom. The van der Waals surface area contributed by atoms with Crippen LogP contribution in [-0.4, -0.2) is 37.0 Å². The highest BCUT2D eigenvalue weighted by Gasteiger charge is 2.34. The molecule has 2 atom stereocenters. The summed E-state index contributed by atoms with van der Waals surface area (Å²) in [5.74, 6) is 1.59. The van der Waals surface area contributed by atoms with Crippen molar-refractivity contribution in [3.05, 3.63) is 33.8 Å². The number of carbonyl (C=O) groups is 1. The van der Waals surface area contributed by atoms with Gasteiger partial charge in [0.15, 0.2) is 0 Å². The molecule has 19 heavy (non-hydrogen) atoms. The monoisotopic (exact) mass is 322 g/mol. The molecular weight excluding hydrogens is 304 g/mol. The van der Waals surface area contributed by atoms with Crippen molar-refractivity contribution in [2.75, 3.05) is 26.2 Å². The molecule has 4 heteroatoms. The zero-order valence-corrected chi connectivity index (χ0v) is 12.7. The van der Waals surface area contributed by atoms with Gasteiger partial charge in [-0.05, 0) is 62.0 Å². The second kappa shape index (κ2) is 5.25. The Morgan fingerprint density at radius 1 is 1.32 bits per heavy atom. The van der Waals surface area contributed by atoms with Gasteiger partial charge < -0.3 is 10.2 Å². The van der Waals surface area contributed by atoms with Crippen LogP contribution in [0.4, 0.5) is 0 Å². The topological polar surface area (TPSA) is 32.3 Å². The third-order valence-corrected chi connectivity index (χ3v) is 4.74. The number of amides is 1. The third-order valence-electron chi connectivity index (χ3n) is 4.28. The van der Waals surface area contributed by atoms with Crippen LogP contribution >= 0.6 is 15.9 Å². The number of nitrogens with zero attached hydrogens (tertiary/aromatic N) is 1. The fourth-order valence-corrected chi connectivity index (χ4v) is 3.87. The van der Waals surface area contributed by atoms with E-state index in [2.05, 4.69) is 21.2 Å². The largest absolute Gasteiger partial charge is 0.338 e. The molecule has 3 rings (SSSR count). The summed E-state index contributed by atoms with van der Waals surface area (Å²) < 4.78 is 0.980. The summed E-state index contributed by atoms with van der Waals surface area (Å²) in [5, 5.41) is 3.44. The zero-order chi connectivity index (χ0) is 13.4. The second-order valence-electron chi connectivity index (χ2n) is 5.74. The van der Waals surface area contributed by atoms with Crippen LogP contribution in [0.25, 0.3) is 0 Å². The van der Waals surface area contributed by atoms with Crippen molar-refractivity contribution in [1.82, 2.24) is 10.2 Å². The molecule has 2 aliphatic rings. The molecule has 1 aromatic rings. The first-order chi connectivity index (χ1) is 9.13. The maximum absolute atomic E-state index is 12.6. The van der Waals surface area contributed by atoms with Crippen molar-refractivity contribution >= 4 is 21.8 Å². The maximum Gasteiger partial charge on any atom is 0.253 e. The van der Waals surface area contributed by atoms with Gasteiger partial charge in [0.25, 0.3) is 5.91 Å². The first-order valence-electron chi connectivity index (χ1n) is 6.90. The number of rotatable bonds is 1. The van der Waals surface area contributed by atoms with Crippen molar-refractivity contribution in [1.29, 1.82) is 0 Å². The maximum atomic E-state index is 12.6. The van der Waals surface area contributed by atoms with Crippen LogP contribution in [0.1, 0.15) is 22.3 Å². The molecule has 0 saturated carbocycles. The molecule has 1 aromatic carbocycles. The van der Waals surface area contributed by atoms with Gasteiger partial charge in [-0.15, -0.1) is 0 Å². The van der Waals surface area contributed by atoms with E-state index < -0.39 is 0 Å². The van der Waals surface area contributed by atoms with E-state index in [0.717, 1.165) is 54.1 Å². The van der Waals surface area contributed by atoms with E-state index in [1.807, 2.05) is 30.0 Å². The number of benzene rings is 1. The lowest BCUT2D eigenvalue weighted by atomic mass is 9.88. The quantitative estimate of drug-likeness (QED) is 0.861. The van der Waals surface area contributed by atoms with Crippen LogP contribution in [-0.2, 0) is 0 Å². The van der Waals surface area contributed by atoms with Crippen LogP contribution in [0.5, 0.6) is 0 Å². The van der Waals surface area contributed by atoms with Crippen molar-refractivity contribution in [2.24, 2.45) is 11.8 Å². The molecule has 0 aliphatic carbocycles. The molecule has 0 spiro atoms. The normalized spacial score (nSPS) is 26.3. The summed E-state index contributed by atoms with van der Waals surface area (Å²) in [4.78, 5) is 14.6. The van der Waals surface area contributed by atoms with E-state index in [4.69, 9.17) is 0 Å². The molecule has 0 aromatic heterocycles. The molecule has 1 amide bonds. The SMILES string of the molecule is Cc1cc(Br)cc(C(=O)N2CCC3CNCC3C2)c1. The first-order valence-corrected chi connectivity index (χ1v) is 7.70. The van der Waals surface area contributed by atoms with Crippen LogP contribution < -0.4 is 5.32 Å². The van der Waals surface area contributed by atoms with Crippen molar-refractivity contribution in [2.45, 2.75) is 13.3 Å². The molecule has 0 radical (unpaired) electrons. The van der Waals surface area contributed by atoms with Gasteiger partial charge >= 0.3 is 0 Å². The van der Waals surface area contributed by atoms with Crippen LogP contribution in [0, 0.1) is 18.8 Å². The van der Waals surface area contributed by atoms with Gasteiger partial charge in [0.05, 0.1) is 0 Å². The lowest BCUT2D eigenvalue weighted by Gasteiger charge is -2.34. The molecule has 2 unspecified atom stereocenters. The predicted molar refractivity (Wildman–Crippen MR) is 79.2 cm³/mol. The number of nitrogens with one attached hydrogen (secondary N) is 1. The van der Waals surface area contributed by atoms with Crippen molar-refractivity contribution < 1.29 is 4.79 Å². The van der Waals surface area contributed by atoms with E-state index >= 15 is 0 Å². The Kier molecular flexibility index (Phi) is 3.63. The number of carbonyl (C=O) groups excluding carboxylic acids is 1. The van der Waals surface area contributed by atoms with Gasteiger partial charge in [-0.2, -0.15) is 0 Å². The van der Waals surface area contributed by atoms with Crippen molar-refractivity contribution in [3.8, 4) is 0 Å². The van der Waals surface area contributed by atoms with Crippen LogP contribution in [0.3, 0.4) is 0 Å².